The van der Waals surface area contributed by atoms with Crippen LogP contribution in [0, 0.1) is 0 Å². The molecular weight excluding hydrogens is 444 g/mol. The fourth-order valence-corrected chi connectivity index (χ4v) is 2.80. The van der Waals surface area contributed by atoms with Crippen molar-refractivity contribution >= 4 is 29.7 Å². The van der Waals surface area contributed by atoms with E-state index in [1.807, 2.05) is 6.92 Å². The van der Waals surface area contributed by atoms with Crippen molar-refractivity contribution in [3.63, 3.8) is 0 Å². The van der Waals surface area contributed by atoms with E-state index >= 15 is 0 Å². The fourth-order valence-electron chi connectivity index (χ4n) is 2.61. The lowest BCUT2D eigenvalue weighted by atomic mass is 10.2. The predicted molar refractivity (Wildman–Crippen MR) is 126 cm³/mol. The van der Waals surface area contributed by atoms with Gasteiger partial charge in [0.25, 0.3) is 5.91 Å². The molecule has 0 bridgehead atoms. The van der Waals surface area contributed by atoms with Gasteiger partial charge < -0.3 is 14.2 Å². The second-order valence-electron chi connectivity index (χ2n) is 6.84. The number of rotatable bonds is 10. The Balaban J connectivity index is 1.45. The molecule has 0 atom stereocenters. The van der Waals surface area contributed by atoms with Gasteiger partial charge in [0.2, 0.25) is 0 Å². The summed E-state index contributed by atoms with van der Waals surface area (Å²) in [6.07, 6.45) is 2.38. The van der Waals surface area contributed by atoms with Gasteiger partial charge in [-0.2, -0.15) is 5.10 Å². The van der Waals surface area contributed by atoms with Gasteiger partial charge in [0.1, 0.15) is 17.2 Å². The summed E-state index contributed by atoms with van der Waals surface area (Å²) in [6, 6.07) is 20.4. The highest BCUT2D eigenvalue weighted by molar-refractivity contribution is 6.32. The summed E-state index contributed by atoms with van der Waals surface area (Å²) < 4.78 is 16.2. The second-order valence-corrected chi connectivity index (χ2v) is 7.25. The molecule has 0 saturated heterocycles. The van der Waals surface area contributed by atoms with Crippen molar-refractivity contribution in [2.75, 3.05) is 13.2 Å². The molecule has 0 aliphatic rings. The highest BCUT2D eigenvalue weighted by Gasteiger charge is 2.09. The predicted octanol–water partition coefficient (Wildman–Crippen LogP) is 4.88. The summed E-state index contributed by atoms with van der Waals surface area (Å²) in [4.78, 5) is 24.1. The largest absolute Gasteiger partial charge is 0.494 e. The minimum Gasteiger partial charge on any atom is -0.494 e. The van der Waals surface area contributed by atoms with Gasteiger partial charge in [0, 0.05) is 0 Å². The number of carbonyl (C=O) groups excluding carboxylic acids is 2. The van der Waals surface area contributed by atoms with Crippen molar-refractivity contribution in [2.24, 2.45) is 5.10 Å². The van der Waals surface area contributed by atoms with Crippen molar-refractivity contribution in [1.82, 2.24) is 5.43 Å². The molecule has 3 aromatic carbocycles. The van der Waals surface area contributed by atoms with Crippen LogP contribution in [0.1, 0.15) is 29.3 Å². The Labute approximate surface area is 196 Å². The molecule has 7 nitrogen and oxygen atoms in total. The zero-order valence-electron chi connectivity index (χ0n) is 18.0. The van der Waals surface area contributed by atoms with Crippen LogP contribution in [0.2, 0.25) is 5.02 Å². The zero-order valence-corrected chi connectivity index (χ0v) is 18.7. The first-order valence-electron chi connectivity index (χ1n) is 10.3. The van der Waals surface area contributed by atoms with Gasteiger partial charge in [-0.05, 0) is 72.6 Å². The number of halogens is 1. The third-order valence-corrected chi connectivity index (χ3v) is 4.56. The Kier molecular flexibility index (Phi) is 8.85. The summed E-state index contributed by atoms with van der Waals surface area (Å²) >= 11 is 5.97. The number of ether oxygens (including phenoxy) is 3. The quantitative estimate of drug-likeness (QED) is 0.199. The van der Waals surface area contributed by atoms with Gasteiger partial charge in [-0.1, -0.05) is 30.7 Å². The molecule has 0 unspecified atom stereocenters. The molecule has 0 radical (unpaired) electrons. The standard InChI is InChI=1S/C25H23ClN2O5/c1-2-15-31-20-13-9-19(10-14-20)25(30)33-21-11-7-18(8-12-21)16-27-28-24(29)17-32-23-6-4-3-5-22(23)26/h3-14,16H,2,15,17H2,1H3,(H,28,29)/b27-16-. The van der Waals surface area contributed by atoms with Crippen molar-refractivity contribution in [3.05, 3.63) is 88.9 Å². The number of hydrogen-bond acceptors (Lipinski definition) is 6. The van der Waals surface area contributed by atoms with Crippen LogP contribution in [0.5, 0.6) is 17.2 Å². The molecule has 8 heteroatoms. The van der Waals surface area contributed by atoms with E-state index in [0.717, 1.165) is 6.42 Å². The number of carbonyl (C=O) groups is 2. The van der Waals surface area contributed by atoms with Crippen molar-refractivity contribution in [3.8, 4) is 17.2 Å². The zero-order chi connectivity index (χ0) is 23.5. The number of amides is 1. The van der Waals surface area contributed by atoms with Gasteiger partial charge in [-0.15, -0.1) is 0 Å². The van der Waals surface area contributed by atoms with Crippen LogP contribution in [0.3, 0.4) is 0 Å². The molecule has 3 aromatic rings. The molecule has 0 fully saturated rings. The van der Waals surface area contributed by atoms with E-state index in [1.165, 1.54) is 6.21 Å². The van der Waals surface area contributed by atoms with E-state index < -0.39 is 11.9 Å². The number of hydrogen-bond donors (Lipinski definition) is 1. The molecule has 0 aliphatic heterocycles. The number of para-hydroxylation sites is 1. The van der Waals surface area contributed by atoms with Crippen LogP contribution >= 0.6 is 11.6 Å². The minimum atomic E-state index is -0.468. The summed E-state index contributed by atoms with van der Waals surface area (Å²) in [5.74, 6) is 0.622. The van der Waals surface area contributed by atoms with Gasteiger partial charge >= 0.3 is 5.97 Å². The SMILES string of the molecule is CCCOc1ccc(C(=O)Oc2ccc(/C=N\NC(=O)COc3ccccc3Cl)cc2)cc1. The lowest BCUT2D eigenvalue weighted by molar-refractivity contribution is -0.123. The lowest BCUT2D eigenvalue weighted by Crippen LogP contribution is -2.24. The minimum absolute atomic E-state index is 0.221. The van der Waals surface area contributed by atoms with Crippen LogP contribution in [-0.2, 0) is 4.79 Å². The van der Waals surface area contributed by atoms with E-state index in [9.17, 15) is 9.59 Å². The van der Waals surface area contributed by atoms with E-state index in [-0.39, 0.29) is 6.61 Å². The molecule has 0 aromatic heterocycles. The molecule has 1 N–H and O–H groups in total. The molecule has 1 amide bonds. The Morgan fingerprint density at radius 2 is 1.64 bits per heavy atom. The van der Waals surface area contributed by atoms with Crippen LogP contribution in [0.15, 0.2) is 77.9 Å². The normalized spacial score (nSPS) is 10.6. The maximum absolute atomic E-state index is 12.3. The summed E-state index contributed by atoms with van der Waals surface area (Å²) in [7, 11) is 0. The lowest BCUT2D eigenvalue weighted by Gasteiger charge is -2.07. The van der Waals surface area contributed by atoms with E-state index in [4.69, 9.17) is 25.8 Å². The Morgan fingerprint density at radius 1 is 0.939 bits per heavy atom. The van der Waals surface area contributed by atoms with Crippen LogP contribution in [0.25, 0.3) is 0 Å². The summed E-state index contributed by atoms with van der Waals surface area (Å²) in [5, 5.41) is 4.31. The Hall–Kier alpha value is -3.84. The highest BCUT2D eigenvalue weighted by Crippen LogP contribution is 2.22. The second kappa shape index (κ2) is 12.3. The number of hydrazone groups is 1. The topological polar surface area (TPSA) is 86.2 Å². The number of nitrogens with zero attached hydrogens (tertiary/aromatic N) is 1. The number of benzene rings is 3. The summed E-state index contributed by atoms with van der Waals surface area (Å²) in [6.45, 7) is 2.43. The van der Waals surface area contributed by atoms with Gasteiger partial charge in [0.15, 0.2) is 6.61 Å². The Bertz CT molecular complexity index is 1100. The maximum atomic E-state index is 12.3. The molecular formula is C25H23ClN2O5. The molecule has 3 rings (SSSR count). The van der Waals surface area contributed by atoms with Crippen molar-refractivity contribution < 1.29 is 23.8 Å². The average Bonchev–Trinajstić information content (AvgIpc) is 2.83. The maximum Gasteiger partial charge on any atom is 0.343 e. The molecule has 0 heterocycles. The third-order valence-electron chi connectivity index (χ3n) is 4.25. The van der Waals surface area contributed by atoms with Gasteiger partial charge in [-0.3, -0.25) is 4.79 Å². The molecule has 0 spiro atoms. The number of nitrogens with one attached hydrogen (secondary N) is 1. The van der Waals surface area contributed by atoms with Gasteiger partial charge in [-0.25, -0.2) is 10.2 Å². The van der Waals surface area contributed by atoms with Crippen molar-refractivity contribution in [2.45, 2.75) is 13.3 Å². The fraction of sp³-hybridized carbons (Fsp3) is 0.160. The van der Waals surface area contributed by atoms with Crippen LogP contribution in [0.4, 0.5) is 0 Å². The van der Waals surface area contributed by atoms with Crippen LogP contribution < -0.4 is 19.6 Å². The average molecular weight is 467 g/mol. The van der Waals surface area contributed by atoms with Crippen molar-refractivity contribution in [1.29, 1.82) is 0 Å². The Morgan fingerprint density at radius 3 is 2.33 bits per heavy atom. The molecule has 170 valence electrons. The third kappa shape index (κ3) is 7.66. The van der Waals surface area contributed by atoms with E-state index in [2.05, 4.69) is 10.5 Å². The number of esters is 1. The van der Waals surface area contributed by atoms with Crippen LogP contribution in [-0.4, -0.2) is 31.3 Å². The molecule has 0 saturated carbocycles. The monoisotopic (exact) mass is 466 g/mol. The first-order chi connectivity index (χ1) is 16.0. The first-order valence-corrected chi connectivity index (χ1v) is 10.7. The molecule has 0 aliphatic carbocycles. The first kappa shape index (κ1) is 23.8. The van der Waals surface area contributed by atoms with E-state index in [0.29, 0.717) is 40.0 Å². The smallest absolute Gasteiger partial charge is 0.343 e. The molecule has 33 heavy (non-hydrogen) atoms. The highest BCUT2D eigenvalue weighted by atomic mass is 35.5. The van der Waals surface area contributed by atoms with E-state index in [1.54, 1.807) is 72.8 Å². The summed E-state index contributed by atoms with van der Waals surface area (Å²) in [5.41, 5.74) is 3.50. The van der Waals surface area contributed by atoms with Gasteiger partial charge in [0.05, 0.1) is 23.4 Å².